The lowest BCUT2D eigenvalue weighted by Crippen LogP contribution is -2.29. The Kier molecular flexibility index (Phi) is 5.21. The molecule has 1 unspecified atom stereocenters. The van der Waals surface area contributed by atoms with Crippen LogP contribution < -0.4 is 10.1 Å². The number of hydrogen-bond donors (Lipinski definition) is 2. The Labute approximate surface area is 124 Å². The maximum absolute atomic E-state index is 11.3. The maximum atomic E-state index is 11.3. The molecular weight excluding hydrogens is 266 g/mol. The molecule has 0 aliphatic rings. The summed E-state index contributed by atoms with van der Waals surface area (Å²) in [5, 5.41) is 12.3. The van der Waals surface area contributed by atoms with E-state index in [2.05, 4.69) is 5.32 Å². The molecule has 1 atom stereocenters. The number of carbonyl (C=O) groups is 1. The van der Waals surface area contributed by atoms with E-state index in [-0.39, 0.29) is 0 Å². The minimum Gasteiger partial charge on any atom is -0.480 e. The smallest absolute Gasteiger partial charge is 0.326 e. The summed E-state index contributed by atoms with van der Waals surface area (Å²) in [6.45, 7) is 1.96. The highest BCUT2D eigenvalue weighted by Gasteiger charge is 2.17. The minimum atomic E-state index is -0.855. The molecule has 0 bridgehead atoms. The molecule has 4 heteroatoms. The second-order valence-corrected chi connectivity index (χ2v) is 4.74. The number of hydrogen-bond acceptors (Lipinski definition) is 3. The zero-order valence-electron chi connectivity index (χ0n) is 12.0. The van der Waals surface area contributed by atoms with Gasteiger partial charge < -0.3 is 15.2 Å². The molecule has 0 aliphatic heterocycles. The Hall–Kier alpha value is -2.49. The molecule has 0 saturated carbocycles. The summed E-state index contributed by atoms with van der Waals surface area (Å²) in [6, 6.07) is 16.2. The van der Waals surface area contributed by atoms with E-state index in [4.69, 9.17) is 4.74 Å². The molecule has 0 spiro atoms. The summed E-state index contributed by atoms with van der Waals surface area (Å²) in [5.41, 5.74) is 0.683. The van der Waals surface area contributed by atoms with Gasteiger partial charge in [-0.1, -0.05) is 43.7 Å². The van der Waals surface area contributed by atoms with Crippen LogP contribution in [0.3, 0.4) is 0 Å². The van der Waals surface area contributed by atoms with E-state index >= 15 is 0 Å². The Morgan fingerprint density at radius 3 is 2.48 bits per heavy atom. The van der Waals surface area contributed by atoms with Gasteiger partial charge in [-0.15, -0.1) is 0 Å². The minimum absolute atomic E-state index is 0.564. The molecule has 4 nitrogen and oxygen atoms in total. The van der Waals surface area contributed by atoms with Crippen LogP contribution in [0.15, 0.2) is 54.6 Å². The van der Waals surface area contributed by atoms with E-state index in [9.17, 15) is 9.90 Å². The van der Waals surface area contributed by atoms with Gasteiger partial charge in [0.15, 0.2) is 5.75 Å². The average Bonchev–Trinajstić information content (AvgIpc) is 2.49. The Morgan fingerprint density at radius 1 is 1.14 bits per heavy atom. The Balaban J connectivity index is 2.18. The highest BCUT2D eigenvalue weighted by molar-refractivity contribution is 5.78. The molecular formula is C17H19NO3. The van der Waals surface area contributed by atoms with Crippen molar-refractivity contribution in [3.8, 4) is 11.5 Å². The van der Waals surface area contributed by atoms with E-state index in [0.29, 0.717) is 23.6 Å². The maximum Gasteiger partial charge on any atom is 0.326 e. The van der Waals surface area contributed by atoms with E-state index in [1.807, 2.05) is 61.5 Å². The van der Waals surface area contributed by atoms with E-state index in [1.165, 1.54) is 0 Å². The van der Waals surface area contributed by atoms with Gasteiger partial charge in [-0.25, -0.2) is 4.79 Å². The summed E-state index contributed by atoms with van der Waals surface area (Å²) in [5.74, 6) is 0.478. The molecule has 2 aromatic rings. The molecule has 0 saturated heterocycles. The second-order valence-electron chi connectivity index (χ2n) is 4.74. The summed E-state index contributed by atoms with van der Waals surface area (Å²) in [6.07, 6.45) is 1.36. The third-order valence-corrected chi connectivity index (χ3v) is 3.06. The first-order valence-corrected chi connectivity index (χ1v) is 7.02. The van der Waals surface area contributed by atoms with Crippen LogP contribution in [0.4, 0.5) is 5.69 Å². The van der Waals surface area contributed by atoms with E-state index < -0.39 is 12.0 Å². The highest BCUT2D eigenvalue weighted by atomic mass is 16.5. The molecule has 2 N–H and O–H groups in total. The molecule has 2 rings (SSSR count). The fraction of sp³-hybridized carbons (Fsp3) is 0.235. The summed E-state index contributed by atoms with van der Waals surface area (Å²) in [4.78, 5) is 11.3. The van der Waals surface area contributed by atoms with Crippen molar-refractivity contribution in [1.82, 2.24) is 0 Å². The zero-order valence-corrected chi connectivity index (χ0v) is 12.0. The van der Waals surface area contributed by atoms with Crippen molar-refractivity contribution in [3.05, 3.63) is 54.6 Å². The Morgan fingerprint density at radius 2 is 1.81 bits per heavy atom. The number of aliphatic carboxylic acids is 1. The second kappa shape index (κ2) is 7.33. The molecule has 0 amide bonds. The van der Waals surface area contributed by atoms with Crippen molar-refractivity contribution >= 4 is 11.7 Å². The van der Waals surface area contributed by atoms with E-state index in [0.717, 1.165) is 6.42 Å². The van der Waals surface area contributed by atoms with Gasteiger partial charge in [-0.3, -0.25) is 0 Å². The van der Waals surface area contributed by atoms with Crippen molar-refractivity contribution in [3.63, 3.8) is 0 Å². The monoisotopic (exact) mass is 285 g/mol. The van der Waals surface area contributed by atoms with Crippen molar-refractivity contribution < 1.29 is 14.6 Å². The molecule has 110 valence electrons. The van der Waals surface area contributed by atoms with Crippen molar-refractivity contribution in [2.24, 2.45) is 0 Å². The van der Waals surface area contributed by atoms with Gasteiger partial charge in [-0.05, 0) is 30.7 Å². The number of benzene rings is 2. The van der Waals surface area contributed by atoms with Gasteiger partial charge >= 0.3 is 5.97 Å². The largest absolute Gasteiger partial charge is 0.480 e. The van der Waals surface area contributed by atoms with Crippen LogP contribution in [0.1, 0.15) is 19.8 Å². The number of para-hydroxylation sites is 3. The molecule has 0 aromatic heterocycles. The molecule has 0 radical (unpaired) electrons. The first kappa shape index (κ1) is 14.9. The SMILES string of the molecule is CCCC(Nc1ccccc1Oc1ccccc1)C(=O)O. The van der Waals surface area contributed by atoms with Gasteiger partial charge in [0.05, 0.1) is 5.69 Å². The van der Waals surface area contributed by atoms with Crippen LogP contribution in [-0.2, 0) is 4.79 Å². The standard InChI is InChI=1S/C17H19NO3/c1-2-8-15(17(19)20)18-14-11-6-7-12-16(14)21-13-9-4-3-5-10-13/h3-7,9-12,15,18H,2,8H2,1H3,(H,19,20). The number of rotatable bonds is 7. The number of ether oxygens (including phenoxy) is 1. The average molecular weight is 285 g/mol. The van der Waals surface area contributed by atoms with Gasteiger partial charge in [0, 0.05) is 0 Å². The molecule has 0 fully saturated rings. The number of carboxylic acid groups (broad SMARTS) is 1. The molecule has 0 heterocycles. The topological polar surface area (TPSA) is 58.6 Å². The van der Waals surface area contributed by atoms with Crippen LogP contribution in [0, 0.1) is 0 Å². The lowest BCUT2D eigenvalue weighted by atomic mass is 10.1. The predicted octanol–water partition coefficient (Wildman–Crippen LogP) is 4.14. The van der Waals surface area contributed by atoms with Crippen LogP contribution >= 0.6 is 0 Å². The first-order chi connectivity index (χ1) is 10.2. The lowest BCUT2D eigenvalue weighted by Gasteiger charge is -2.18. The van der Waals surface area contributed by atoms with Gasteiger partial charge in [-0.2, -0.15) is 0 Å². The quantitative estimate of drug-likeness (QED) is 0.802. The van der Waals surface area contributed by atoms with Crippen LogP contribution in [0.2, 0.25) is 0 Å². The van der Waals surface area contributed by atoms with Gasteiger partial charge in [0.1, 0.15) is 11.8 Å². The number of carboxylic acids is 1. The Bertz CT molecular complexity index is 584. The highest BCUT2D eigenvalue weighted by Crippen LogP contribution is 2.29. The van der Waals surface area contributed by atoms with Crippen molar-refractivity contribution in [2.75, 3.05) is 5.32 Å². The summed E-state index contributed by atoms with van der Waals surface area (Å²) < 4.78 is 5.81. The van der Waals surface area contributed by atoms with Crippen LogP contribution in [-0.4, -0.2) is 17.1 Å². The molecule has 21 heavy (non-hydrogen) atoms. The van der Waals surface area contributed by atoms with Crippen molar-refractivity contribution in [1.29, 1.82) is 0 Å². The summed E-state index contributed by atoms with van der Waals surface area (Å²) >= 11 is 0. The summed E-state index contributed by atoms with van der Waals surface area (Å²) in [7, 11) is 0. The van der Waals surface area contributed by atoms with Crippen LogP contribution in [0.25, 0.3) is 0 Å². The fourth-order valence-electron chi connectivity index (χ4n) is 2.02. The normalized spacial score (nSPS) is 11.7. The fourth-order valence-corrected chi connectivity index (χ4v) is 2.02. The molecule has 2 aromatic carbocycles. The third kappa shape index (κ3) is 4.24. The number of nitrogens with one attached hydrogen (secondary N) is 1. The first-order valence-electron chi connectivity index (χ1n) is 7.02. The van der Waals surface area contributed by atoms with Crippen molar-refractivity contribution in [2.45, 2.75) is 25.8 Å². The van der Waals surface area contributed by atoms with Gasteiger partial charge in [0.2, 0.25) is 0 Å². The van der Waals surface area contributed by atoms with E-state index in [1.54, 1.807) is 0 Å². The zero-order chi connectivity index (χ0) is 15.1. The third-order valence-electron chi connectivity index (χ3n) is 3.06. The lowest BCUT2D eigenvalue weighted by molar-refractivity contribution is -0.138. The predicted molar refractivity (Wildman–Crippen MR) is 82.9 cm³/mol. The van der Waals surface area contributed by atoms with Crippen LogP contribution in [0.5, 0.6) is 11.5 Å². The molecule has 0 aliphatic carbocycles. The van der Waals surface area contributed by atoms with Gasteiger partial charge in [0.25, 0.3) is 0 Å². The number of anilines is 1.